The predicted molar refractivity (Wildman–Crippen MR) is 112 cm³/mol. The summed E-state index contributed by atoms with van der Waals surface area (Å²) in [6, 6.07) is 12.4. The van der Waals surface area contributed by atoms with Gasteiger partial charge in [-0.05, 0) is 49.9 Å². The Bertz CT molecular complexity index is 926. The summed E-state index contributed by atoms with van der Waals surface area (Å²) >= 11 is 0. The molecule has 1 fully saturated rings. The molecule has 1 saturated heterocycles. The van der Waals surface area contributed by atoms with E-state index in [0.29, 0.717) is 18.7 Å². The van der Waals surface area contributed by atoms with Crippen LogP contribution in [0.3, 0.4) is 0 Å². The van der Waals surface area contributed by atoms with Crippen molar-refractivity contribution in [2.24, 2.45) is 0 Å². The molecule has 1 N–H and O–H groups in total. The Hall–Kier alpha value is -2.18. The molecular formula is C22H28N2O3S. The Morgan fingerprint density at radius 3 is 2.21 bits per heavy atom. The number of aryl methyl sites for hydroxylation is 2. The lowest BCUT2D eigenvalue weighted by molar-refractivity contribution is 0.101. The van der Waals surface area contributed by atoms with Crippen LogP contribution >= 0.6 is 0 Å². The van der Waals surface area contributed by atoms with Crippen LogP contribution in [0.15, 0.2) is 47.4 Å². The van der Waals surface area contributed by atoms with Crippen molar-refractivity contribution in [2.45, 2.75) is 44.4 Å². The molecule has 1 aliphatic rings. The van der Waals surface area contributed by atoms with Crippen LogP contribution in [0.5, 0.6) is 0 Å². The van der Waals surface area contributed by atoms with Crippen LogP contribution in [-0.4, -0.2) is 38.1 Å². The fraction of sp³-hybridized carbons (Fsp3) is 0.409. The summed E-state index contributed by atoms with van der Waals surface area (Å²) in [6.07, 6.45) is 3.90. The van der Waals surface area contributed by atoms with Crippen LogP contribution in [-0.2, 0) is 10.0 Å². The van der Waals surface area contributed by atoms with Crippen molar-refractivity contribution in [3.8, 4) is 0 Å². The number of benzene rings is 2. The second-order valence-electron chi connectivity index (χ2n) is 7.39. The van der Waals surface area contributed by atoms with E-state index >= 15 is 0 Å². The molecule has 0 aliphatic carbocycles. The average Bonchev–Trinajstić information content (AvgIpc) is 2.97. The van der Waals surface area contributed by atoms with Crippen LogP contribution in [0.1, 0.15) is 47.2 Å². The monoisotopic (exact) mass is 400 g/mol. The largest absolute Gasteiger partial charge is 0.377 e. The molecule has 2 aromatic carbocycles. The van der Waals surface area contributed by atoms with E-state index in [1.807, 2.05) is 32.0 Å². The van der Waals surface area contributed by atoms with E-state index in [2.05, 4.69) is 5.32 Å². The van der Waals surface area contributed by atoms with Crippen molar-refractivity contribution in [1.29, 1.82) is 0 Å². The summed E-state index contributed by atoms with van der Waals surface area (Å²) in [6.45, 7) is 5.21. The number of para-hydroxylation sites is 1. The third-order valence-electron chi connectivity index (χ3n) is 5.27. The molecule has 0 saturated carbocycles. The van der Waals surface area contributed by atoms with Gasteiger partial charge >= 0.3 is 0 Å². The minimum absolute atomic E-state index is 0.124. The van der Waals surface area contributed by atoms with E-state index in [4.69, 9.17) is 0 Å². The standard InChI is InChI=1S/C22H28N2O3S/c1-17-9-7-10-18(2)22(17)23-16-21(25)19-11-8-12-20(15-19)28(26,27)24-13-5-3-4-6-14-24/h7-12,15,23H,3-6,13-14,16H2,1-2H3. The van der Waals surface area contributed by atoms with E-state index in [1.165, 1.54) is 6.07 Å². The van der Waals surface area contributed by atoms with Gasteiger partial charge in [0, 0.05) is 24.3 Å². The molecule has 1 aliphatic heterocycles. The van der Waals surface area contributed by atoms with Gasteiger partial charge in [0.2, 0.25) is 10.0 Å². The van der Waals surface area contributed by atoms with E-state index in [-0.39, 0.29) is 17.2 Å². The van der Waals surface area contributed by atoms with Crippen molar-refractivity contribution >= 4 is 21.5 Å². The number of ketones is 1. The predicted octanol–water partition coefficient (Wildman–Crippen LogP) is 4.16. The van der Waals surface area contributed by atoms with Crippen LogP contribution in [0.25, 0.3) is 0 Å². The number of anilines is 1. The summed E-state index contributed by atoms with van der Waals surface area (Å²) in [7, 11) is -3.56. The van der Waals surface area contributed by atoms with Gasteiger partial charge in [-0.25, -0.2) is 8.42 Å². The van der Waals surface area contributed by atoms with E-state index in [0.717, 1.165) is 42.5 Å². The molecule has 0 spiro atoms. The fourth-order valence-corrected chi connectivity index (χ4v) is 5.19. The number of hydrogen-bond donors (Lipinski definition) is 1. The van der Waals surface area contributed by atoms with Crippen molar-refractivity contribution in [2.75, 3.05) is 25.0 Å². The van der Waals surface area contributed by atoms with Gasteiger partial charge in [-0.15, -0.1) is 0 Å². The lowest BCUT2D eigenvalue weighted by Gasteiger charge is -2.20. The molecule has 5 nitrogen and oxygen atoms in total. The summed E-state index contributed by atoms with van der Waals surface area (Å²) in [4.78, 5) is 12.9. The van der Waals surface area contributed by atoms with Crippen molar-refractivity contribution in [3.63, 3.8) is 0 Å². The minimum Gasteiger partial charge on any atom is -0.377 e. The number of carbonyl (C=O) groups excluding carboxylic acids is 1. The number of hydrogen-bond acceptors (Lipinski definition) is 4. The number of nitrogens with zero attached hydrogens (tertiary/aromatic N) is 1. The third-order valence-corrected chi connectivity index (χ3v) is 7.16. The quantitative estimate of drug-likeness (QED) is 0.740. The summed E-state index contributed by atoms with van der Waals surface area (Å²) < 4.78 is 27.5. The lowest BCUT2D eigenvalue weighted by atomic mass is 10.1. The topological polar surface area (TPSA) is 66.5 Å². The molecule has 28 heavy (non-hydrogen) atoms. The first-order valence-electron chi connectivity index (χ1n) is 9.83. The van der Waals surface area contributed by atoms with Crippen LogP contribution in [0.4, 0.5) is 5.69 Å². The molecule has 0 aromatic heterocycles. The molecule has 0 atom stereocenters. The Kier molecular flexibility index (Phi) is 6.52. The Balaban J connectivity index is 1.76. The minimum atomic E-state index is -3.56. The number of nitrogens with one attached hydrogen (secondary N) is 1. The first-order valence-corrected chi connectivity index (χ1v) is 11.3. The van der Waals surface area contributed by atoms with Crippen molar-refractivity contribution < 1.29 is 13.2 Å². The van der Waals surface area contributed by atoms with Crippen molar-refractivity contribution in [3.05, 3.63) is 59.2 Å². The number of rotatable bonds is 6. The first-order chi connectivity index (χ1) is 13.4. The summed E-state index contributed by atoms with van der Waals surface area (Å²) in [5, 5.41) is 3.20. The number of Topliss-reactive ketones (excluding diaryl/α,β-unsaturated/α-hetero) is 1. The Morgan fingerprint density at radius 2 is 1.57 bits per heavy atom. The van der Waals surface area contributed by atoms with Crippen LogP contribution < -0.4 is 5.32 Å². The van der Waals surface area contributed by atoms with Gasteiger partial charge < -0.3 is 5.32 Å². The molecule has 0 unspecified atom stereocenters. The van der Waals surface area contributed by atoms with E-state index < -0.39 is 10.0 Å². The third kappa shape index (κ3) is 4.62. The molecule has 2 aromatic rings. The highest BCUT2D eigenvalue weighted by atomic mass is 32.2. The number of sulfonamides is 1. The summed E-state index contributed by atoms with van der Waals surface area (Å²) in [5.74, 6) is -0.129. The normalized spacial score (nSPS) is 15.8. The molecule has 150 valence electrons. The molecule has 0 radical (unpaired) electrons. The van der Waals surface area contributed by atoms with Gasteiger partial charge in [-0.2, -0.15) is 4.31 Å². The smallest absolute Gasteiger partial charge is 0.243 e. The van der Waals surface area contributed by atoms with E-state index in [1.54, 1.807) is 22.5 Å². The highest BCUT2D eigenvalue weighted by Gasteiger charge is 2.25. The Labute approximate surface area is 167 Å². The first kappa shape index (κ1) is 20.6. The summed E-state index contributed by atoms with van der Waals surface area (Å²) in [5.41, 5.74) is 3.51. The zero-order chi connectivity index (χ0) is 20.1. The Morgan fingerprint density at radius 1 is 0.964 bits per heavy atom. The van der Waals surface area contributed by atoms with Gasteiger partial charge in [-0.1, -0.05) is 43.2 Å². The van der Waals surface area contributed by atoms with Gasteiger partial charge in [0.1, 0.15) is 0 Å². The maximum atomic E-state index is 13.0. The fourth-order valence-electron chi connectivity index (χ4n) is 3.63. The van der Waals surface area contributed by atoms with Gasteiger partial charge in [0.05, 0.1) is 11.4 Å². The second-order valence-corrected chi connectivity index (χ2v) is 9.33. The maximum Gasteiger partial charge on any atom is 0.243 e. The van der Waals surface area contributed by atoms with Gasteiger partial charge in [0.15, 0.2) is 5.78 Å². The van der Waals surface area contributed by atoms with Gasteiger partial charge in [-0.3, -0.25) is 4.79 Å². The number of carbonyl (C=O) groups is 1. The zero-order valence-corrected chi connectivity index (χ0v) is 17.4. The highest BCUT2D eigenvalue weighted by molar-refractivity contribution is 7.89. The van der Waals surface area contributed by atoms with Gasteiger partial charge in [0.25, 0.3) is 0 Å². The molecule has 0 amide bonds. The molecule has 1 heterocycles. The molecule has 6 heteroatoms. The molecule has 3 rings (SSSR count). The van der Waals surface area contributed by atoms with Crippen LogP contribution in [0, 0.1) is 13.8 Å². The highest BCUT2D eigenvalue weighted by Crippen LogP contribution is 2.22. The second kappa shape index (κ2) is 8.88. The maximum absolute atomic E-state index is 13.0. The van der Waals surface area contributed by atoms with Crippen molar-refractivity contribution in [1.82, 2.24) is 4.31 Å². The van der Waals surface area contributed by atoms with E-state index in [9.17, 15) is 13.2 Å². The average molecular weight is 401 g/mol. The zero-order valence-electron chi connectivity index (χ0n) is 16.6. The van der Waals surface area contributed by atoms with Crippen LogP contribution in [0.2, 0.25) is 0 Å². The molecular weight excluding hydrogens is 372 g/mol. The SMILES string of the molecule is Cc1cccc(C)c1NCC(=O)c1cccc(S(=O)(=O)N2CCCCCC2)c1. The molecule has 0 bridgehead atoms. The lowest BCUT2D eigenvalue weighted by Crippen LogP contribution is -2.32.